The third-order valence-corrected chi connectivity index (χ3v) is 9.31. The van der Waals surface area contributed by atoms with Crippen LogP contribution in [-0.4, -0.2) is 68.2 Å². The zero-order valence-corrected chi connectivity index (χ0v) is 22.1. The summed E-state index contributed by atoms with van der Waals surface area (Å²) < 4.78 is 52.8. The summed E-state index contributed by atoms with van der Waals surface area (Å²) in [6.07, 6.45) is 1.21. The van der Waals surface area contributed by atoms with Gasteiger partial charge in [0.1, 0.15) is 28.3 Å². The van der Waals surface area contributed by atoms with E-state index in [9.17, 15) is 12.8 Å². The van der Waals surface area contributed by atoms with Gasteiger partial charge in [-0.2, -0.15) is 4.31 Å². The SMILES string of the molecule is Cc1noc(C)c1S(=O)(=O)N1CCC(Oc2ccc(CN3CCN(c4ccccc4F)CC3)cc2)CC1. The second-order valence-corrected chi connectivity index (χ2v) is 11.6. The average Bonchev–Trinajstić information content (AvgIpc) is 3.25. The van der Waals surface area contributed by atoms with E-state index in [1.807, 2.05) is 24.3 Å². The second kappa shape index (κ2) is 10.8. The zero-order chi connectivity index (χ0) is 26.0. The highest BCUT2D eigenvalue weighted by Gasteiger charge is 2.34. The van der Waals surface area contributed by atoms with Crippen LogP contribution < -0.4 is 9.64 Å². The molecule has 198 valence electrons. The van der Waals surface area contributed by atoms with Crippen molar-refractivity contribution in [3.63, 3.8) is 0 Å². The zero-order valence-electron chi connectivity index (χ0n) is 21.3. The first-order chi connectivity index (χ1) is 17.8. The normalized spacial score (nSPS) is 18.3. The predicted octanol–water partition coefficient (Wildman–Crippen LogP) is 3.98. The molecule has 2 fully saturated rings. The first-order valence-electron chi connectivity index (χ1n) is 12.7. The summed E-state index contributed by atoms with van der Waals surface area (Å²) in [5.74, 6) is 0.947. The van der Waals surface area contributed by atoms with Crippen molar-refractivity contribution < 1.29 is 22.1 Å². The number of para-hydroxylation sites is 1. The van der Waals surface area contributed by atoms with Crippen molar-refractivity contribution in [2.75, 3.05) is 44.2 Å². The minimum absolute atomic E-state index is 0.0339. The lowest BCUT2D eigenvalue weighted by atomic mass is 10.1. The Kier molecular flexibility index (Phi) is 7.50. The van der Waals surface area contributed by atoms with Crippen LogP contribution >= 0.6 is 0 Å². The highest BCUT2D eigenvalue weighted by Crippen LogP contribution is 2.28. The number of piperidine rings is 1. The van der Waals surface area contributed by atoms with Crippen LogP contribution in [0.25, 0.3) is 0 Å². The Bertz CT molecular complexity index is 1290. The number of aromatic nitrogens is 1. The Morgan fingerprint density at radius 2 is 1.65 bits per heavy atom. The standard InChI is InChI=1S/C27H33FN4O4S/c1-20-27(21(2)36-29-20)37(33,34)32-13-11-24(12-14-32)35-23-9-7-22(8-10-23)19-30-15-17-31(18-16-30)26-6-4-3-5-25(26)28/h3-10,24H,11-19H2,1-2H3. The fourth-order valence-electron chi connectivity index (χ4n) is 5.14. The average molecular weight is 529 g/mol. The van der Waals surface area contributed by atoms with Gasteiger partial charge in [-0.25, -0.2) is 12.8 Å². The van der Waals surface area contributed by atoms with Crippen molar-refractivity contribution in [1.82, 2.24) is 14.4 Å². The van der Waals surface area contributed by atoms with Crippen LogP contribution in [0.3, 0.4) is 0 Å². The Balaban J connectivity index is 1.09. The van der Waals surface area contributed by atoms with E-state index in [1.54, 1.807) is 19.9 Å². The molecule has 0 unspecified atom stereocenters. The number of ether oxygens (including phenoxy) is 1. The van der Waals surface area contributed by atoms with E-state index in [4.69, 9.17) is 9.26 Å². The summed E-state index contributed by atoms with van der Waals surface area (Å²) in [7, 11) is -3.62. The van der Waals surface area contributed by atoms with Crippen molar-refractivity contribution >= 4 is 15.7 Å². The van der Waals surface area contributed by atoms with Gasteiger partial charge in [0.05, 0.1) is 5.69 Å². The van der Waals surface area contributed by atoms with Gasteiger partial charge in [0.2, 0.25) is 10.0 Å². The quantitative estimate of drug-likeness (QED) is 0.459. The molecule has 0 N–H and O–H groups in total. The lowest BCUT2D eigenvalue weighted by molar-refractivity contribution is 0.135. The van der Waals surface area contributed by atoms with E-state index in [1.165, 1.54) is 15.9 Å². The summed E-state index contributed by atoms with van der Waals surface area (Å²) in [5, 5.41) is 3.79. The summed E-state index contributed by atoms with van der Waals surface area (Å²) >= 11 is 0. The molecule has 3 aromatic rings. The lowest BCUT2D eigenvalue weighted by Gasteiger charge is -2.36. The van der Waals surface area contributed by atoms with E-state index < -0.39 is 10.0 Å². The van der Waals surface area contributed by atoms with Crippen molar-refractivity contribution in [2.45, 2.75) is 44.2 Å². The van der Waals surface area contributed by atoms with Gasteiger partial charge in [0, 0.05) is 45.8 Å². The van der Waals surface area contributed by atoms with E-state index >= 15 is 0 Å². The summed E-state index contributed by atoms with van der Waals surface area (Å²) in [4.78, 5) is 4.66. The van der Waals surface area contributed by atoms with E-state index in [0.717, 1.165) is 38.5 Å². The third-order valence-electron chi connectivity index (χ3n) is 7.16. The van der Waals surface area contributed by atoms with Gasteiger partial charge in [-0.05, 0) is 56.5 Å². The number of nitrogens with zero attached hydrogens (tertiary/aromatic N) is 4. The molecule has 2 aliphatic rings. The van der Waals surface area contributed by atoms with Crippen LogP contribution in [-0.2, 0) is 16.6 Å². The molecular formula is C27H33FN4O4S. The topological polar surface area (TPSA) is 79.1 Å². The molecule has 1 aromatic heterocycles. The highest BCUT2D eigenvalue weighted by atomic mass is 32.2. The van der Waals surface area contributed by atoms with E-state index in [-0.39, 0.29) is 16.8 Å². The molecule has 0 bridgehead atoms. The summed E-state index contributed by atoms with van der Waals surface area (Å²) in [6, 6.07) is 15.1. The number of halogens is 1. The largest absolute Gasteiger partial charge is 0.490 e. The van der Waals surface area contributed by atoms with Gasteiger partial charge in [0.15, 0.2) is 5.76 Å². The fourth-order valence-corrected chi connectivity index (χ4v) is 6.90. The number of aryl methyl sites for hydroxylation is 2. The smallest absolute Gasteiger partial charge is 0.248 e. The highest BCUT2D eigenvalue weighted by molar-refractivity contribution is 7.89. The maximum absolute atomic E-state index is 14.1. The van der Waals surface area contributed by atoms with Gasteiger partial charge in [-0.15, -0.1) is 0 Å². The molecule has 0 aliphatic carbocycles. The number of rotatable bonds is 7. The van der Waals surface area contributed by atoms with E-state index in [0.29, 0.717) is 43.1 Å². The van der Waals surface area contributed by atoms with E-state index in [2.05, 4.69) is 27.1 Å². The molecule has 10 heteroatoms. The molecule has 2 aromatic carbocycles. The van der Waals surface area contributed by atoms with Crippen molar-refractivity contribution in [1.29, 1.82) is 0 Å². The molecule has 0 atom stereocenters. The molecule has 3 heterocycles. The van der Waals surface area contributed by atoms with Crippen LogP contribution in [0.5, 0.6) is 5.75 Å². The third kappa shape index (κ3) is 5.66. The molecule has 0 saturated carbocycles. The van der Waals surface area contributed by atoms with Gasteiger partial charge in [-0.3, -0.25) is 4.90 Å². The second-order valence-electron chi connectivity index (χ2n) is 9.73. The Morgan fingerprint density at radius 1 is 0.973 bits per heavy atom. The Morgan fingerprint density at radius 3 is 2.27 bits per heavy atom. The van der Waals surface area contributed by atoms with Gasteiger partial charge in [0.25, 0.3) is 0 Å². The monoisotopic (exact) mass is 528 g/mol. The number of sulfonamides is 1. The van der Waals surface area contributed by atoms with Gasteiger partial charge >= 0.3 is 0 Å². The number of piperazine rings is 1. The van der Waals surface area contributed by atoms with Crippen molar-refractivity contribution in [3.8, 4) is 5.75 Å². The van der Waals surface area contributed by atoms with Gasteiger partial charge < -0.3 is 14.2 Å². The van der Waals surface area contributed by atoms with Crippen LogP contribution in [0.2, 0.25) is 0 Å². The first-order valence-corrected chi connectivity index (χ1v) is 14.2. The maximum Gasteiger partial charge on any atom is 0.248 e. The molecule has 37 heavy (non-hydrogen) atoms. The summed E-state index contributed by atoms with van der Waals surface area (Å²) in [6.45, 7) is 8.25. The molecular weight excluding hydrogens is 495 g/mol. The molecule has 2 saturated heterocycles. The predicted molar refractivity (Wildman–Crippen MR) is 139 cm³/mol. The van der Waals surface area contributed by atoms with Gasteiger partial charge in [-0.1, -0.05) is 29.4 Å². The van der Waals surface area contributed by atoms with Crippen LogP contribution in [0, 0.1) is 19.7 Å². The number of hydrogen-bond acceptors (Lipinski definition) is 7. The number of anilines is 1. The maximum atomic E-state index is 14.1. The minimum atomic E-state index is -3.62. The van der Waals surface area contributed by atoms with Crippen LogP contribution in [0.4, 0.5) is 10.1 Å². The molecule has 0 spiro atoms. The Hall–Kier alpha value is -2.95. The fraction of sp³-hybridized carbons (Fsp3) is 0.444. The Labute approximate surface area is 217 Å². The van der Waals surface area contributed by atoms with Crippen molar-refractivity contribution in [3.05, 3.63) is 71.4 Å². The minimum Gasteiger partial charge on any atom is -0.490 e. The number of hydrogen-bond donors (Lipinski definition) is 0. The lowest BCUT2D eigenvalue weighted by Crippen LogP contribution is -2.46. The van der Waals surface area contributed by atoms with Crippen LogP contribution in [0.1, 0.15) is 29.9 Å². The molecule has 5 rings (SSSR count). The number of benzene rings is 2. The summed E-state index contributed by atoms with van der Waals surface area (Å²) in [5.41, 5.74) is 2.27. The van der Waals surface area contributed by atoms with Crippen LogP contribution in [0.15, 0.2) is 57.9 Å². The molecule has 8 nitrogen and oxygen atoms in total. The molecule has 2 aliphatic heterocycles. The first kappa shape index (κ1) is 25.7. The molecule has 0 amide bonds. The van der Waals surface area contributed by atoms with Crippen molar-refractivity contribution in [2.24, 2.45) is 0 Å². The molecule has 0 radical (unpaired) electrons.